The number of aliphatic hydroxyl groups is 1. The molecule has 17 heavy (non-hydrogen) atoms. The van der Waals surface area contributed by atoms with Crippen molar-refractivity contribution >= 4 is 11.8 Å². The maximum atomic E-state index is 12.1. The predicted octanol–water partition coefficient (Wildman–Crippen LogP) is 1.18. The van der Waals surface area contributed by atoms with E-state index in [-0.39, 0.29) is 35.6 Å². The zero-order valence-electron chi connectivity index (χ0n) is 10.8. The molecule has 1 saturated heterocycles. The fourth-order valence-electron chi connectivity index (χ4n) is 2.69. The van der Waals surface area contributed by atoms with Crippen LogP contribution in [0, 0.1) is 17.3 Å². The van der Waals surface area contributed by atoms with E-state index in [1.54, 1.807) is 0 Å². The summed E-state index contributed by atoms with van der Waals surface area (Å²) in [4.78, 5) is 25.4. The van der Waals surface area contributed by atoms with Crippen LogP contribution in [0.3, 0.4) is 0 Å². The van der Waals surface area contributed by atoms with Crippen LogP contribution in [0.15, 0.2) is 0 Å². The number of hydrogen-bond acceptors (Lipinski definition) is 3. The lowest BCUT2D eigenvalue weighted by Crippen LogP contribution is -2.43. The van der Waals surface area contributed by atoms with Crippen molar-refractivity contribution in [1.29, 1.82) is 0 Å². The lowest BCUT2D eigenvalue weighted by atomic mass is 9.89. The van der Waals surface area contributed by atoms with E-state index in [2.05, 4.69) is 0 Å². The van der Waals surface area contributed by atoms with E-state index in [4.69, 9.17) is 0 Å². The molecular weight excluding hydrogens is 218 g/mol. The van der Waals surface area contributed by atoms with Crippen LogP contribution in [0.2, 0.25) is 0 Å². The fraction of sp³-hybridized carbons (Fsp3) is 0.846. The molecule has 2 rings (SSSR count). The molecule has 1 aliphatic heterocycles. The Morgan fingerprint density at radius 1 is 1.24 bits per heavy atom. The molecule has 2 fully saturated rings. The van der Waals surface area contributed by atoms with Gasteiger partial charge in [-0.15, -0.1) is 0 Å². The van der Waals surface area contributed by atoms with Gasteiger partial charge in [0.05, 0.1) is 24.5 Å². The van der Waals surface area contributed by atoms with Crippen LogP contribution < -0.4 is 0 Å². The molecule has 0 radical (unpaired) electrons. The molecule has 3 atom stereocenters. The summed E-state index contributed by atoms with van der Waals surface area (Å²) in [6.07, 6.45) is 1.98. The van der Waals surface area contributed by atoms with Crippen molar-refractivity contribution < 1.29 is 14.7 Å². The minimum absolute atomic E-state index is 0.0687. The van der Waals surface area contributed by atoms with Gasteiger partial charge in [-0.05, 0) is 18.3 Å². The van der Waals surface area contributed by atoms with Crippen LogP contribution in [0.1, 0.15) is 40.0 Å². The number of likely N-dealkylation sites (tertiary alicyclic amines) is 1. The number of fused-ring (bicyclic) bond motifs is 1. The lowest BCUT2D eigenvalue weighted by Gasteiger charge is -2.29. The van der Waals surface area contributed by atoms with Gasteiger partial charge in [-0.3, -0.25) is 14.5 Å². The topological polar surface area (TPSA) is 57.6 Å². The van der Waals surface area contributed by atoms with Gasteiger partial charge in [0.25, 0.3) is 0 Å². The minimum atomic E-state index is -0.658. The molecule has 2 amide bonds. The number of amides is 2. The molecule has 96 valence electrons. The standard InChI is InChI=1S/C13H21NO3/c1-13(2,3)10(15)7-14-11(16)8-5-4-6-9(8)12(14)17/h8-10,15H,4-7H2,1-3H3. The smallest absolute Gasteiger partial charge is 0.233 e. The van der Waals surface area contributed by atoms with Crippen LogP contribution >= 0.6 is 0 Å². The van der Waals surface area contributed by atoms with Crippen LogP contribution in [0.4, 0.5) is 0 Å². The summed E-state index contributed by atoms with van der Waals surface area (Å²) >= 11 is 0. The number of carbonyl (C=O) groups is 2. The highest BCUT2D eigenvalue weighted by atomic mass is 16.3. The first kappa shape index (κ1) is 12.6. The lowest BCUT2D eigenvalue weighted by molar-refractivity contribution is -0.143. The molecule has 2 aliphatic rings. The van der Waals surface area contributed by atoms with Crippen LogP contribution in [-0.4, -0.2) is 34.5 Å². The normalized spacial score (nSPS) is 30.9. The molecule has 0 aromatic heterocycles. The summed E-state index contributed by atoms with van der Waals surface area (Å²) in [5.41, 5.74) is -0.307. The van der Waals surface area contributed by atoms with Crippen LogP contribution in [0.5, 0.6) is 0 Å². The second-order valence-electron chi connectivity index (χ2n) is 6.31. The molecule has 0 aromatic carbocycles. The van der Waals surface area contributed by atoms with E-state index in [0.29, 0.717) is 0 Å². The van der Waals surface area contributed by atoms with Gasteiger partial charge in [0.1, 0.15) is 0 Å². The quantitative estimate of drug-likeness (QED) is 0.736. The van der Waals surface area contributed by atoms with E-state index in [1.807, 2.05) is 20.8 Å². The van der Waals surface area contributed by atoms with Gasteiger partial charge in [-0.25, -0.2) is 0 Å². The zero-order chi connectivity index (χ0) is 12.8. The summed E-state index contributed by atoms with van der Waals surface area (Å²) in [6.45, 7) is 5.87. The number of imide groups is 1. The van der Waals surface area contributed by atoms with Gasteiger partial charge >= 0.3 is 0 Å². The number of β-amino-alcohol motifs (C(OH)–C–C–N with tert-alkyl or cyclic N) is 1. The molecule has 0 aromatic rings. The SMILES string of the molecule is CC(C)(C)C(O)CN1C(=O)C2CCCC2C1=O. The Balaban J connectivity index is 2.08. The monoisotopic (exact) mass is 239 g/mol. The Bertz CT molecular complexity index is 323. The average Bonchev–Trinajstić information content (AvgIpc) is 2.77. The molecular formula is C13H21NO3. The summed E-state index contributed by atoms with van der Waals surface area (Å²) in [6, 6.07) is 0. The fourth-order valence-corrected chi connectivity index (χ4v) is 2.69. The Hall–Kier alpha value is -0.900. The van der Waals surface area contributed by atoms with E-state index in [1.165, 1.54) is 4.90 Å². The van der Waals surface area contributed by atoms with E-state index in [9.17, 15) is 14.7 Å². The molecule has 1 aliphatic carbocycles. The minimum Gasteiger partial charge on any atom is -0.391 e. The predicted molar refractivity (Wildman–Crippen MR) is 63.0 cm³/mol. The molecule has 1 saturated carbocycles. The number of hydrogen-bond donors (Lipinski definition) is 1. The van der Waals surface area contributed by atoms with E-state index >= 15 is 0 Å². The second-order valence-corrected chi connectivity index (χ2v) is 6.31. The molecule has 0 spiro atoms. The van der Waals surface area contributed by atoms with Gasteiger partial charge in [-0.2, -0.15) is 0 Å². The van der Waals surface area contributed by atoms with E-state index in [0.717, 1.165) is 19.3 Å². The van der Waals surface area contributed by atoms with Crippen molar-refractivity contribution in [2.45, 2.75) is 46.1 Å². The molecule has 4 nitrogen and oxygen atoms in total. The van der Waals surface area contributed by atoms with Crippen LogP contribution in [0.25, 0.3) is 0 Å². The highest BCUT2D eigenvalue weighted by molar-refractivity contribution is 6.05. The molecule has 0 bridgehead atoms. The average molecular weight is 239 g/mol. The summed E-state index contributed by atoms with van der Waals surface area (Å²) in [7, 11) is 0. The summed E-state index contributed by atoms with van der Waals surface area (Å²) in [5, 5.41) is 10.00. The second kappa shape index (κ2) is 4.09. The summed E-state index contributed by atoms with van der Waals surface area (Å²) < 4.78 is 0. The van der Waals surface area contributed by atoms with Crippen molar-refractivity contribution in [3.63, 3.8) is 0 Å². The maximum Gasteiger partial charge on any atom is 0.233 e. The van der Waals surface area contributed by atoms with Gasteiger partial charge < -0.3 is 5.11 Å². The Kier molecular flexibility index (Phi) is 3.02. The largest absolute Gasteiger partial charge is 0.391 e. The Morgan fingerprint density at radius 2 is 1.71 bits per heavy atom. The molecule has 4 heteroatoms. The van der Waals surface area contributed by atoms with Gasteiger partial charge in [0, 0.05) is 0 Å². The Morgan fingerprint density at radius 3 is 2.12 bits per heavy atom. The van der Waals surface area contributed by atoms with Crippen molar-refractivity contribution in [1.82, 2.24) is 4.90 Å². The summed E-state index contributed by atoms with van der Waals surface area (Å²) in [5.74, 6) is -0.342. The highest BCUT2D eigenvalue weighted by Gasteiger charge is 2.50. The highest BCUT2D eigenvalue weighted by Crippen LogP contribution is 2.40. The van der Waals surface area contributed by atoms with Crippen molar-refractivity contribution in [2.75, 3.05) is 6.54 Å². The maximum absolute atomic E-state index is 12.1. The number of aliphatic hydroxyl groups excluding tert-OH is 1. The number of rotatable bonds is 2. The first-order valence-corrected chi connectivity index (χ1v) is 6.35. The first-order valence-electron chi connectivity index (χ1n) is 6.35. The Labute approximate surface area is 102 Å². The third-order valence-electron chi connectivity index (χ3n) is 4.04. The zero-order valence-corrected chi connectivity index (χ0v) is 10.8. The number of carbonyl (C=O) groups excluding carboxylic acids is 2. The third kappa shape index (κ3) is 2.10. The molecule has 1 N–H and O–H groups in total. The van der Waals surface area contributed by atoms with Gasteiger partial charge in [-0.1, -0.05) is 27.2 Å². The first-order chi connectivity index (χ1) is 7.82. The van der Waals surface area contributed by atoms with E-state index < -0.39 is 6.10 Å². The van der Waals surface area contributed by atoms with Crippen molar-refractivity contribution in [3.05, 3.63) is 0 Å². The molecule has 1 heterocycles. The van der Waals surface area contributed by atoms with Crippen LogP contribution in [-0.2, 0) is 9.59 Å². The van der Waals surface area contributed by atoms with Gasteiger partial charge in [0.15, 0.2) is 0 Å². The third-order valence-corrected chi connectivity index (χ3v) is 4.04. The van der Waals surface area contributed by atoms with Gasteiger partial charge in [0.2, 0.25) is 11.8 Å². The number of nitrogens with zero attached hydrogens (tertiary/aromatic N) is 1. The van der Waals surface area contributed by atoms with Crippen molar-refractivity contribution in [2.24, 2.45) is 17.3 Å². The van der Waals surface area contributed by atoms with Crippen molar-refractivity contribution in [3.8, 4) is 0 Å². The molecule has 3 unspecified atom stereocenters.